The van der Waals surface area contributed by atoms with E-state index >= 15 is 0 Å². The standard InChI is InChI=1S/C40H76O12/c1-5-7-9-11-13-15-16-18-20-22-24-26-31(41)51-32(42)27-30(25-23-21-19-17-14-12-10-8-6-2)50-40-38(36(46)34(44)29(4)49-40)52-39-37(47)35(45)33(43)28(3)48-39/h28-31,33-41,43-47H,5-27H2,1-4H3/t28?,29?,30-,31-,33+,34+,35+,36+,37?,38?,39+,40+/m1/s1. The van der Waals surface area contributed by atoms with Gasteiger partial charge < -0.3 is 54.3 Å². The maximum Gasteiger partial charge on any atom is 0.310 e. The van der Waals surface area contributed by atoms with Crippen LogP contribution in [0, 0.1) is 0 Å². The number of aliphatic hydroxyl groups is 6. The van der Waals surface area contributed by atoms with Gasteiger partial charge in [0.1, 0.15) is 36.6 Å². The number of hydrogen-bond donors (Lipinski definition) is 6. The molecule has 2 aliphatic rings. The quantitative estimate of drug-likeness (QED) is 0.0302. The second kappa shape index (κ2) is 27.6. The zero-order valence-electron chi connectivity index (χ0n) is 32.8. The summed E-state index contributed by atoms with van der Waals surface area (Å²) < 4.78 is 29.1. The van der Waals surface area contributed by atoms with Crippen molar-refractivity contribution in [3.8, 4) is 0 Å². The van der Waals surface area contributed by atoms with Crippen molar-refractivity contribution in [3.63, 3.8) is 0 Å². The lowest BCUT2D eigenvalue weighted by atomic mass is 9.97. The highest BCUT2D eigenvalue weighted by Crippen LogP contribution is 2.31. The van der Waals surface area contributed by atoms with Gasteiger partial charge in [-0.1, -0.05) is 136 Å². The van der Waals surface area contributed by atoms with Crippen LogP contribution in [0.3, 0.4) is 0 Å². The van der Waals surface area contributed by atoms with E-state index in [-0.39, 0.29) is 6.42 Å². The molecule has 2 aliphatic heterocycles. The Hall–Kier alpha value is -0.930. The third-order valence-corrected chi connectivity index (χ3v) is 10.6. The summed E-state index contributed by atoms with van der Waals surface area (Å²) in [6.07, 6.45) is 8.50. The zero-order chi connectivity index (χ0) is 38.3. The lowest BCUT2D eigenvalue weighted by molar-refractivity contribution is -0.366. The highest BCUT2D eigenvalue weighted by Gasteiger charge is 2.50. The minimum Gasteiger partial charge on any atom is -0.436 e. The van der Waals surface area contributed by atoms with E-state index in [4.69, 9.17) is 23.7 Å². The van der Waals surface area contributed by atoms with Gasteiger partial charge in [-0.3, -0.25) is 4.79 Å². The van der Waals surface area contributed by atoms with Gasteiger partial charge in [-0.15, -0.1) is 0 Å². The molecule has 0 amide bonds. The summed E-state index contributed by atoms with van der Waals surface area (Å²) in [7, 11) is 0. The maximum atomic E-state index is 13.1. The van der Waals surface area contributed by atoms with Crippen molar-refractivity contribution in [2.45, 2.75) is 249 Å². The monoisotopic (exact) mass is 749 g/mol. The largest absolute Gasteiger partial charge is 0.436 e. The van der Waals surface area contributed by atoms with Crippen molar-refractivity contribution in [2.24, 2.45) is 0 Å². The second-order valence-electron chi connectivity index (χ2n) is 15.3. The molecule has 12 heteroatoms. The fourth-order valence-corrected chi connectivity index (χ4v) is 7.06. The van der Waals surface area contributed by atoms with Crippen molar-refractivity contribution in [2.75, 3.05) is 0 Å². The first kappa shape index (κ1) is 47.2. The Balaban J connectivity index is 1.94. The first-order valence-corrected chi connectivity index (χ1v) is 20.9. The first-order chi connectivity index (χ1) is 25.0. The average Bonchev–Trinajstić information content (AvgIpc) is 3.11. The summed E-state index contributed by atoms with van der Waals surface area (Å²) in [5.74, 6) is -0.615. The highest BCUT2D eigenvalue weighted by atomic mass is 16.8. The summed E-state index contributed by atoms with van der Waals surface area (Å²) in [5, 5.41) is 63.1. The highest BCUT2D eigenvalue weighted by molar-refractivity contribution is 5.70. The van der Waals surface area contributed by atoms with Crippen LogP contribution in [0.2, 0.25) is 0 Å². The summed E-state index contributed by atoms with van der Waals surface area (Å²) in [4.78, 5) is 13.1. The Kier molecular flexibility index (Phi) is 25.1. The molecule has 2 fully saturated rings. The molecular formula is C40H76O12. The zero-order valence-corrected chi connectivity index (χ0v) is 32.8. The van der Waals surface area contributed by atoms with Gasteiger partial charge >= 0.3 is 5.97 Å². The Morgan fingerprint density at radius 1 is 0.558 bits per heavy atom. The van der Waals surface area contributed by atoms with Crippen LogP contribution in [0.1, 0.15) is 175 Å². The summed E-state index contributed by atoms with van der Waals surface area (Å²) in [5.41, 5.74) is 0. The smallest absolute Gasteiger partial charge is 0.310 e. The number of unbranched alkanes of at least 4 members (excludes halogenated alkanes) is 18. The molecule has 0 aromatic rings. The summed E-state index contributed by atoms with van der Waals surface area (Å²) in [6.45, 7) is 7.51. The van der Waals surface area contributed by atoms with Gasteiger partial charge in [0.15, 0.2) is 12.6 Å². The topological polar surface area (TPSA) is 185 Å². The van der Waals surface area contributed by atoms with E-state index in [1.807, 2.05) is 0 Å². The van der Waals surface area contributed by atoms with Gasteiger partial charge in [-0.25, -0.2) is 0 Å². The van der Waals surface area contributed by atoms with Crippen LogP contribution in [0.5, 0.6) is 0 Å². The van der Waals surface area contributed by atoms with Crippen LogP contribution < -0.4 is 0 Å². The van der Waals surface area contributed by atoms with Crippen LogP contribution in [-0.4, -0.2) is 110 Å². The predicted molar refractivity (Wildman–Crippen MR) is 198 cm³/mol. The number of aliphatic hydroxyl groups excluding tert-OH is 6. The molecular weight excluding hydrogens is 672 g/mol. The van der Waals surface area contributed by atoms with E-state index in [0.29, 0.717) is 12.8 Å². The van der Waals surface area contributed by atoms with Crippen LogP contribution >= 0.6 is 0 Å². The van der Waals surface area contributed by atoms with E-state index in [1.54, 1.807) is 6.92 Å². The van der Waals surface area contributed by atoms with Crippen molar-refractivity contribution in [3.05, 3.63) is 0 Å². The number of carbonyl (C=O) groups excluding carboxylic acids is 1. The van der Waals surface area contributed by atoms with Crippen molar-refractivity contribution in [1.29, 1.82) is 0 Å². The van der Waals surface area contributed by atoms with Crippen molar-refractivity contribution >= 4 is 5.97 Å². The molecule has 308 valence electrons. The van der Waals surface area contributed by atoms with E-state index in [1.165, 1.54) is 90.4 Å². The number of carbonyl (C=O) groups is 1. The summed E-state index contributed by atoms with van der Waals surface area (Å²) >= 11 is 0. The molecule has 2 rings (SSSR count). The van der Waals surface area contributed by atoms with Crippen LogP contribution in [-0.2, 0) is 28.5 Å². The molecule has 0 saturated carbocycles. The van der Waals surface area contributed by atoms with Crippen LogP contribution in [0.25, 0.3) is 0 Å². The third kappa shape index (κ3) is 18.1. The number of ether oxygens (including phenoxy) is 5. The van der Waals surface area contributed by atoms with Crippen molar-refractivity contribution in [1.82, 2.24) is 0 Å². The van der Waals surface area contributed by atoms with Gasteiger partial charge in [0.25, 0.3) is 0 Å². The van der Waals surface area contributed by atoms with E-state index < -0.39 is 79.8 Å². The van der Waals surface area contributed by atoms with Crippen molar-refractivity contribution < 1.29 is 59.1 Å². The van der Waals surface area contributed by atoms with Crippen LogP contribution in [0.15, 0.2) is 0 Å². The van der Waals surface area contributed by atoms with Gasteiger partial charge in [0.2, 0.25) is 6.29 Å². The van der Waals surface area contributed by atoms with E-state index in [9.17, 15) is 35.4 Å². The molecule has 4 unspecified atom stereocenters. The van der Waals surface area contributed by atoms with Gasteiger partial charge in [-0.2, -0.15) is 0 Å². The van der Waals surface area contributed by atoms with Crippen LogP contribution in [0.4, 0.5) is 0 Å². The fraction of sp³-hybridized carbons (Fsp3) is 0.975. The molecule has 0 radical (unpaired) electrons. The van der Waals surface area contributed by atoms with E-state index in [0.717, 1.165) is 44.9 Å². The molecule has 52 heavy (non-hydrogen) atoms. The van der Waals surface area contributed by atoms with Gasteiger partial charge in [0, 0.05) is 6.42 Å². The molecule has 0 bridgehead atoms. The number of esters is 1. The maximum absolute atomic E-state index is 13.1. The second-order valence-corrected chi connectivity index (χ2v) is 15.3. The Labute approximate surface area is 313 Å². The summed E-state index contributed by atoms with van der Waals surface area (Å²) in [6, 6.07) is 0. The molecule has 0 aromatic carbocycles. The molecule has 2 saturated heterocycles. The minimum atomic E-state index is -1.65. The Bertz CT molecular complexity index is 895. The van der Waals surface area contributed by atoms with Gasteiger partial charge in [0.05, 0.1) is 24.7 Å². The van der Waals surface area contributed by atoms with Gasteiger partial charge in [-0.05, 0) is 26.7 Å². The first-order valence-electron chi connectivity index (χ1n) is 20.9. The third-order valence-electron chi connectivity index (χ3n) is 10.6. The molecule has 0 aliphatic carbocycles. The SMILES string of the molecule is CCCCCCCCCCCCC[C@H](O)OC(=O)C[C@@H](CCCCCCCCCCC)O[C@@H]1OC(C)[C@H](O)[C@H](O)C1O[C@@H]1OC(C)[C@H](O)[C@H](O)C1O. The fourth-order valence-electron chi connectivity index (χ4n) is 7.06. The molecule has 0 spiro atoms. The Morgan fingerprint density at radius 2 is 0.981 bits per heavy atom. The average molecular weight is 749 g/mol. The molecule has 2 heterocycles. The molecule has 0 aromatic heterocycles. The van der Waals surface area contributed by atoms with E-state index in [2.05, 4.69) is 13.8 Å². The lowest BCUT2D eigenvalue weighted by Crippen LogP contribution is -2.63. The normalized spacial score (nSPS) is 30.7. The molecule has 12 atom stereocenters. The lowest BCUT2D eigenvalue weighted by Gasteiger charge is -2.46. The molecule has 6 N–H and O–H groups in total. The minimum absolute atomic E-state index is 0.170. The molecule has 12 nitrogen and oxygen atoms in total. The predicted octanol–water partition coefficient (Wildman–Crippen LogP) is 5.92. The Morgan fingerprint density at radius 3 is 1.48 bits per heavy atom. The number of rotatable bonds is 29. The number of hydrogen-bond acceptors (Lipinski definition) is 12.